The molecule has 6 aromatic carbocycles. The molecule has 35 heteroatoms. The number of nitrogens with one attached hydrogen (secondary N) is 12. The lowest BCUT2D eigenvalue weighted by atomic mass is 9.54. The third kappa shape index (κ3) is 18.2. The summed E-state index contributed by atoms with van der Waals surface area (Å²) < 4.78 is 62.5. The van der Waals surface area contributed by atoms with Gasteiger partial charge >= 0.3 is 0 Å². The average Bonchev–Trinajstić information content (AvgIpc) is 0.754. The number of carbonyl (C=O) groups excluding carboxylic acids is 8. The number of phenolic OH excluding ortho intramolecular Hbond substituents is 4. The van der Waals surface area contributed by atoms with Crippen molar-refractivity contribution < 1.29 is 101 Å². The highest BCUT2D eigenvalue weighted by Crippen LogP contribution is 2.55. The molecule has 8 amide bonds. The number of aliphatic hydroxyl groups is 2. The van der Waals surface area contributed by atoms with Crippen molar-refractivity contribution in [1.29, 1.82) is 0 Å². The highest BCUT2D eigenvalue weighted by Gasteiger charge is 2.50. The number of hydrogen-bond acceptors (Lipinski definition) is 25. The van der Waals surface area contributed by atoms with Gasteiger partial charge in [-0.15, -0.1) is 0 Å². The van der Waals surface area contributed by atoms with E-state index in [0.717, 1.165) is 80.6 Å². The number of sulfonamides is 1. The molecule has 5 heterocycles. The second-order valence-corrected chi connectivity index (χ2v) is 32.1. The van der Waals surface area contributed by atoms with Crippen molar-refractivity contribution in [3.63, 3.8) is 0 Å². The van der Waals surface area contributed by atoms with Crippen molar-refractivity contribution in [3.8, 4) is 74.4 Å². The summed E-state index contributed by atoms with van der Waals surface area (Å²) in [5.41, 5.74) is -1.56. The van der Waals surface area contributed by atoms with Gasteiger partial charge in [-0.3, -0.25) is 38.4 Å². The normalized spacial score (nSPS) is 24.1. The molecule has 33 nitrogen and oxygen atoms in total. The molecule has 0 spiro atoms. The first-order valence-corrected chi connectivity index (χ1v) is 39.5. The van der Waals surface area contributed by atoms with Gasteiger partial charge in [0, 0.05) is 55.0 Å². The Labute approximate surface area is 662 Å². The average molecular weight is 1620 g/mol. The van der Waals surface area contributed by atoms with Crippen LogP contribution in [0.25, 0.3) is 11.1 Å². The zero-order valence-corrected chi connectivity index (χ0v) is 65.2. The highest BCUT2D eigenvalue weighted by atomic mass is 35.5. The van der Waals surface area contributed by atoms with E-state index in [4.69, 9.17) is 35.3 Å². The Hall–Kier alpha value is -10.7. The first kappa shape index (κ1) is 82.7. The van der Waals surface area contributed by atoms with E-state index in [2.05, 4.69) is 58.5 Å². The molecule has 9 aliphatic rings. The Kier molecular flexibility index (Phi) is 25.7. The van der Waals surface area contributed by atoms with Crippen LogP contribution in [0.15, 0.2) is 95.9 Å². The van der Waals surface area contributed by atoms with E-state index < -0.39 is 163 Å². The van der Waals surface area contributed by atoms with Crippen LogP contribution in [0.1, 0.15) is 123 Å². The number of fused-ring (bicyclic) bond motifs is 15. The highest BCUT2D eigenvalue weighted by molar-refractivity contribution is 7.90. The van der Waals surface area contributed by atoms with Crippen molar-refractivity contribution in [3.05, 3.63) is 129 Å². The summed E-state index contributed by atoms with van der Waals surface area (Å²) in [5.74, 6) is -13.2. The Morgan fingerprint density at radius 1 is 0.596 bits per heavy atom. The van der Waals surface area contributed by atoms with Crippen LogP contribution in [0.5, 0.6) is 63.2 Å². The van der Waals surface area contributed by atoms with Crippen LogP contribution in [-0.4, -0.2) is 184 Å². The number of aromatic hydroxyl groups is 4. The molecule has 4 fully saturated rings. The minimum atomic E-state index is -5.11. The van der Waals surface area contributed by atoms with Crippen LogP contribution in [0.2, 0.25) is 5.02 Å². The number of aryl methyl sites for hydroxylation is 1. The summed E-state index contributed by atoms with van der Waals surface area (Å²) in [6, 6.07) is 3.14. The van der Waals surface area contributed by atoms with Crippen LogP contribution >= 0.6 is 11.6 Å². The third-order valence-corrected chi connectivity index (χ3v) is 23.1. The van der Waals surface area contributed by atoms with E-state index in [1.807, 2.05) is 18.6 Å². The lowest BCUT2D eigenvalue weighted by Gasteiger charge is -2.54. The largest absolute Gasteiger partial charge is 0.508 e. The molecule has 4 saturated carbocycles. The number of ether oxygens (including phenoxy) is 5. The summed E-state index contributed by atoms with van der Waals surface area (Å²) in [6.45, 7) is 6.11. The van der Waals surface area contributed by atoms with Crippen molar-refractivity contribution >= 4 is 68.9 Å². The maximum Gasteiger partial charge on any atom is 0.264 e. The molecule has 610 valence electrons. The topological polar surface area (TPSA) is 483 Å². The first-order valence-electron chi connectivity index (χ1n) is 37.7. The summed E-state index contributed by atoms with van der Waals surface area (Å²) in [5, 5.41) is 103. The lowest BCUT2D eigenvalue weighted by Crippen LogP contribution is -2.59. The maximum absolute atomic E-state index is 16.2. The minimum Gasteiger partial charge on any atom is -0.508 e. The molecule has 4 aliphatic carbocycles. The van der Waals surface area contributed by atoms with Gasteiger partial charge in [-0.2, -0.15) is 0 Å². The summed E-state index contributed by atoms with van der Waals surface area (Å²) in [4.78, 5) is 123. The molecule has 15 rings (SSSR count). The zero-order valence-electron chi connectivity index (χ0n) is 63.6. The van der Waals surface area contributed by atoms with Crippen LogP contribution < -0.4 is 86.9 Å². The Morgan fingerprint density at radius 3 is 1.78 bits per heavy atom. The van der Waals surface area contributed by atoms with Gasteiger partial charge in [0.1, 0.15) is 97.0 Å². The van der Waals surface area contributed by atoms with Crippen molar-refractivity contribution in [2.24, 2.45) is 29.6 Å². The predicted molar refractivity (Wildman–Crippen MR) is 412 cm³/mol. The molecule has 9 atom stereocenters. The number of benzene rings is 6. The summed E-state index contributed by atoms with van der Waals surface area (Å²) >= 11 is 7.03. The number of aliphatic hydroxyl groups excluding tert-OH is 2. The smallest absolute Gasteiger partial charge is 0.264 e. The molecule has 18 N–H and O–H groups in total. The summed E-state index contributed by atoms with van der Waals surface area (Å²) in [7, 11) is 1.39. The number of rotatable bonds is 23. The molecule has 0 saturated heterocycles. The number of halogens is 1. The monoisotopic (exact) mass is 1610 g/mol. The van der Waals surface area contributed by atoms with Crippen molar-refractivity contribution in [2.75, 3.05) is 67.6 Å². The molecular formula is C79H95ClN12O21S. The van der Waals surface area contributed by atoms with E-state index in [0.29, 0.717) is 18.4 Å². The van der Waals surface area contributed by atoms with Gasteiger partial charge in [0.05, 0.1) is 22.4 Å². The molecule has 114 heavy (non-hydrogen) atoms. The molecule has 6 aromatic rings. The van der Waals surface area contributed by atoms with Gasteiger partial charge in [-0.25, -0.2) is 13.1 Å². The molecule has 5 aliphatic heterocycles. The quantitative estimate of drug-likeness (QED) is 0.0406. The molecule has 0 unspecified atom stereocenters. The number of phenols is 4. The van der Waals surface area contributed by atoms with E-state index in [9.17, 15) is 48.6 Å². The van der Waals surface area contributed by atoms with Gasteiger partial charge in [0.15, 0.2) is 23.0 Å². The standard InChI is InChI=1S/C79H95ClN12O21S/c1-36(2)20-51(84-7)73(100)90-67-69(97)41-9-12-55(37(3)21-41)112-57-29-45-30-58(71(57)99)113-56-13-10-42(28-50(56)80)70(98)68-79(106)89-66(77(104)86-63-43-23-38-22-39(25-43)26-44(63)24-38)49-31-46(93)32-54(95)62(49)48-27-40(8-11-53(48)94)64(75(102)91-68)88-76(103)65(45)87-74(101)52(85-78(67)105)35-61(96)92-114(107,108)47-33-59(109-17-14-81-4)72(111-19-16-83-6)60(34-47)110-18-15-82-5/h8-13,21,27-34,36,38-39,43-44,51-52,63-70,81-84,93-95,97-99H,14-20,22-26,35H2,1-7H3,(H,85,105)(H,86,104)(H,87,101)(H,88,103)(H,89,106)(H,90,100)(H,91,102)(H,92,96)/t38?,39?,43?,44?,51-,52+,63?,64-,65-,66+,67-,68+,69-,70-/m1/s1. The summed E-state index contributed by atoms with van der Waals surface area (Å²) in [6.07, 6.45) is -0.744. The Bertz CT molecular complexity index is 4760. The van der Waals surface area contributed by atoms with Crippen molar-refractivity contribution in [2.45, 2.75) is 131 Å². The van der Waals surface area contributed by atoms with E-state index >= 15 is 28.8 Å². The van der Waals surface area contributed by atoms with Crippen molar-refractivity contribution in [1.82, 2.24) is 63.2 Å². The van der Waals surface area contributed by atoms with Crippen LogP contribution in [-0.2, 0) is 48.4 Å². The fourth-order valence-corrected chi connectivity index (χ4v) is 17.3. The minimum absolute atomic E-state index is 0.0135. The Morgan fingerprint density at radius 2 is 1.18 bits per heavy atom. The van der Waals surface area contributed by atoms with Crippen LogP contribution in [0, 0.1) is 36.5 Å². The first-order chi connectivity index (χ1) is 54.4. The van der Waals surface area contributed by atoms with E-state index in [-0.39, 0.29) is 136 Å². The van der Waals surface area contributed by atoms with E-state index in [1.165, 1.54) is 56.4 Å². The predicted octanol–water partition coefficient (Wildman–Crippen LogP) is 3.72. The number of amides is 8. The number of carbonyl (C=O) groups is 8. The lowest BCUT2D eigenvalue weighted by molar-refractivity contribution is -0.138. The van der Waals surface area contributed by atoms with Gasteiger partial charge in [-0.05, 0) is 191 Å². The SMILES string of the molecule is CNCCOc1cc(S(=O)(=O)NC(=O)C[C@@H]2NC(=O)[C@H](NC(=O)[C@@H](CC(C)C)NC)[C@H](O)c3ccc(c(C)c3)Oc3cc4cc(c3O)Oc3ccc(cc3Cl)[C@@H](O)[C@@H]3NC(=O)[C@H](NC(=O)[C@@H]4NC2=O)c2ccc(O)c(c2)-c2c(O)cc(O)cc2[C@@H](C(=O)NC2C4CC5CC(C4)CC2C5)NC3=O)cc(OCCNC)c1OCCNC. The van der Waals surface area contributed by atoms with Crippen LogP contribution in [0.4, 0.5) is 0 Å². The third-order valence-electron chi connectivity index (χ3n) is 21.5. The molecule has 15 bridgehead atoms. The van der Waals surface area contributed by atoms with Gasteiger partial charge in [-0.1, -0.05) is 43.6 Å². The second kappa shape index (κ2) is 35.3. The van der Waals surface area contributed by atoms with E-state index in [1.54, 1.807) is 21.1 Å². The molecule has 0 radical (unpaired) electrons. The van der Waals surface area contributed by atoms with Gasteiger partial charge in [0.2, 0.25) is 58.8 Å². The van der Waals surface area contributed by atoms with Gasteiger partial charge in [0.25, 0.3) is 10.0 Å². The zero-order chi connectivity index (χ0) is 81.7. The Balaban J connectivity index is 1.01. The number of likely N-dealkylation sites (N-methyl/N-ethyl adjacent to an activating group) is 4. The molecule has 0 aromatic heterocycles. The number of hydrogen-bond donors (Lipinski definition) is 18. The fourth-order valence-electron chi connectivity index (χ4n) is 16.0. The van der Waals surface area contributed by atoms with Crippen LogP contribution in [0.3, 0.4) is 0 Å². The van der Waals surface area contributed by atoms with Gasteiger partial charge < -0.3 is 113 Å². The second-order valence-electron chi connectivity index (χ2n) is 30.0. The maximum atomic E-state index is 16.2. The molecular weight excluding hydrogens is 1520 g/mol. The fraction of sp³-hybridized carbons (Fsp3) is 0.443.